The maximum absolute atomic E-state index is 12.4. The van der Waals surface area contributed by atoms with Gasteiger partial charge in [0.2, 0.25) is 11.8 Å². The Bertz CT molecular complexity index is 1050. The van der Waals surface area contributed by atoms with E-state index in [1.807, 2.05) is 17.2 Å². The molecule has 0 aromatic carbocycles. The highest BCUT2D eigenvalue weighted by Crippen LogP contribution is 2.30. The van der Waals surface area contributed by atoms with E-state index in [4.69, 9.17) is 15.0 Å². The lowest BCUT2D eigenvalue weighted by atomic mass is 9.84. The van der Waals surface area contributed by atoms with Crippen LogP contribution in [0.2, 0.25) is 0 Å². The number of ether oxygens (including phenoxy) is 1. The number of hydrogen-bond acceptors (Lipinski definition) is 9. The van der Waals surface area contributed by atoms with Gasteiger partial charge in [-0.05, 0) is 50.0 Å². The van der Waals surface area contributed by atoms with Crippen molar-refractivity contribution in [3.63, 3.8) is 0 Å². The molecule has 0 bridgehead atoms. The Morgan fingerprint density at radius 2 is 1.92 bits per heavy atom. The predicted octanol–water partition coefficient (Wildman–Crippen LogP) is 3.44. The summed E-state index contributed by atoms with van der Waals surface area (Å²) in [6, 6.07) is 4.70. The zero-order chi connectivity index (χ0) is 26.6. The standard InChI is InChI=1S/C28H43N7O3/c1-19(2)27-31-28(38-32-27)33-13-9-21(10-14-33)20(3)11-15-37-25-8-7-22(16-30-25)34-17-23(29)24(18-34)35-12-5-4-6-26(35)36/h7-8,16,19-21,23-24H,4-6,9-15,17-18,29H2,1-3H3. The second-order valence-corrected chi connectivity index (χ2v) is 11.6. The minimum atomic E-state index is -0.0362. The third-order valence-corrected chi connectivity index (χ3v) is 8.56. The van der Waals surface area contributed by atoms with E-state index >= 15 is 0 Å². The first-order valence-corrected chi connectivity index (χ1v) is 14.4. The zero-order valence-electron chi connectivity index (χ0n) is 23.1. The average Bonchev–Trinajstić information content (AvgIpc) is 3.57. The van der Waals surface area contributed by atoms with Crippen LogP contribution >= 0.6 is 0 Å². The van der Waals surface area contributed by atoms with Gasteiger partial charge >= 0.3 is 6.01 Å². The van der Waals surface area contributed by atoms with Gasteiger partial charge in [0.25, 0.3) is 0 Å². The maximum atomic E-state index is 12.4. The van der Waals surface area contributed by atoms with Crippen LogP contribution in [0.4, 0.5) is 11.7 Å². The fourth-order valence-corrected chi connectivity index (χ4v) is 6.01. The van der Waals surface area contributed by atoms with Crippen molar-refractivity contribution >= 4 is 17.6 Å². The topological polar surface area (TPSA) is 114 Å². The van der Waals surface area contributed by atoms with Gasteiger partial charge in [-0.15, -0.1) is 0 Å². The van der Waals surface area contributed by atoms with Crippen LogP contribution in [0.3, 0.4) is 0 Å². The van der Waals surface area contributed by atoms with Crippen LogP contribution in [-0.4, -0.2) is 77.3 Å². The molecule has 208 valence electrons. The van der Waals surface area contributed by atoms with Gasteiger partial charge in [-0.3, -0.25) is 4.79 Å². The number of hydrogen-bond donors (Lipinski definition) is 1. The molecule has 3 atom stereocenters. The van der Waals surface area contributed by atoms with Crippen LogP contribution in [0.1, 0.15) is 71.0 Å². The van der Waals surface area contributed by atoms with Crippen LogP contribution in [0.15, 0.2) is 22.9 Å². The molecule has 0 radical (unpaired) electrons. The third-order valence-electron chi connectivity index (χ3n) is 8.56. The minimum absolute atomic E-state index is 0.0362. The number of rotatable bonds is 9. The summed E-state index contributed by atoms with van der Waals surface area (Å²) in [5.41, 5.74) is 7.47. The largest absolute Gasteiger partial charge is 0.478 e. The van der Waals surface area contributed by atoms with E-state index in [1.165, 1.54) is 0 Å². The summed E-state index contributed by atoms with van der Waals surface area (Å²) in [5.74, 6) is 3.18. The minimum Gasteiger partial charge on any atom is -0.478 e. The fourth-order valence-electron chi connectivity index (χ4n) is 6.01. The molecule has 0 aliphatic carbocycles. The van der Waals surface area contributed by atoms with Gasteiger partial charge in [-0.25, -0.2) is 4.98 Å². The number of carbonyl (C=O) groups excluding carboxylic acids is 1. The van der Waals surface area contributed by atoms with E-state index in [2.05, 4.69) is 51.8 Å². The molecule has 10 nitrogen and oxygen atoms in total. The third kappa shape index (κ3) is 6.06. The zero-order valence-corrected chi connectivity index (χ0v) is 23.1. The summed E-state index contributed by atoms with van der Waals surface area (Å²) in [6.07, 6.45) is 7.81. The molecule has 0 saturated carbocycles. The SMILES string of the molecule is CC(C)c1noc(N2CCC(C(C)CCOc3ccc(N4CC(N)C(N5CCCCC5=O)C4)cn3)CC2)n1. The number of anilines is 2. The van der Waals surface area contributed by atoms with Gasteiger partial charge in [0, 0.05) is 57.2 Å². The van der Waals surface area contributed by atoms with Crippen LogP contribution in [0.25, 0.3) is 0 Å². The molecule has 3 unspecified atom stereocenters. The number of amides is 1. The van der Waals surface area contributed by atoms with Gasteiger partial charge in [-0.1, -0.05) is 25.9 Å². The Morgan fingerprint density at radius 1 is 1.11 bits per heavy atom. The van der Waals surface area contributed by atoms with Crippen LogP contribution < -0.4 is 20.3 Å². The first kappa shape index (κ1) is 26.7. The Kier molecular flexibility index (Phi) is 8.35. The van der Waals surface area contributed by atoms with E-state index < -0.39 is 0 Å². The average molecular weight is 526 g/mol. The first-order valence-electron chi connectivity index (χ1n) is 14.4. The molecule has 1 amide bonds. The van der Waals surface area contributed by atoms with E-state index in [0.717, 1.165) is 76.3 Å². The molecule has 5 heterocycles. The Balaban J connectivity index is 1.04. The molecule has 2 aromatic heterocycles. The summed E-state index contributed by atoms with van der Waals surface area (Å²) < 4.78 is 11.5. The van der Waals surface area contributed by atoms with Crippen LogP contribution in [0.5, 0.6) is 5.88 Å². The molecule has 3 saturated heterocycles. The van der Waals surface area contributed by atoms with Crippen LogP contribution in [0, 0.1) is 11.8 Å². The molecule has 2 aromatic rings. The van der Waals surface area contributed by atoms with E-state index in [-0.39, 0.29) is 23.9 Å². The quantitative estimate of drug-likeness (QED) is 0.526. The number of carbonyl (C=O) groups is 1. The summed E-state index contributed by atoms with van der Waals surface area (Å²) in [5, 5.41) is 4.10. The second-order valence-electron chi connectivity index (χ2n) is 11.6. The molecule has 10 heteroatoms. The second kappa shape index (κ2) is 11.9. The van der Waals surface area contributed by atoms with Crippen molar-refractivity contribution in [2.24, 2.45) is 17.6 Å². The van der Waals surface area contributed by atoms with Gasteiger partial charge in [0.15, 0.2) is 5.82 Å². The predicted molar refractivity (Wildman–Crippen MR) is 146 cm³/mol. The Morgan fingerprint density at radius 3 is 2.61 bits per heavy atom. The van der Waals surface area contributed by atoms with Crippen LogP contribution in [-0.2, 0) is 4.79 Å². The van der Waals surface area contributed by atoms with Crippen molar-refractivity contribution in [3.05, 3.63) is 24.2 Å². The van der Waals surface area contributed by atoms with E-state index in [9.17, 15) is 4.79 Å². The number of pyridine rings is 1. The van der Waals surface area contributed by atoms with Gasteiger partial charge in [0.1, 0.15) is 0 Å². The molecule has 3 aliphatic rings. The van der Waals surface area contributed by atoms with Crippen molar-refractivity contribution in [2.75, 3.05) is 49.1 Å². The van der Waals surface area contributed by atoms with Crippen molar-refractivity contribution in [1.82, 2.24) is 20.0 Å². The summed E-state index contributed by atoms with van der Waals surface area (Å²) in [4.78, 5) is 27.9. The number of nitrogens with two attached hydrogens (primary N) is 1. The fraction of sp³-hybridized carbons (Fsp3) is 0.714. The Hall–Kier alpha value is -2.88. The van der Waals surface area contributed by atoms with E-state index in [0.29, 0.717) is 36.8 Å². The molecule has 3 aliphatic heterocycles. The molecule has 38 heavy (non-hydrogen) atoms. The van der Waals surface area contributed by atoms with Crippen molar-refractivity contribution in [3.8, 4) is 5.88 Å². The summed E-state index contributed by atoms with van der Waals surface area (Å²) in [7, 11) is 0. The smallest absolute Gasteiger partial charge is 0.324 e. The molecular weight excluding hydrogens is 482 g/mol. The van der Waals surface area contributed by atoms with Crippen molar-refractivity contribution in [2.45, 2.75) is 77.3 Å². The molecule has 3 fully saturated rings. The van der Waals surface area contributed by atoms with E-state index in [1.54, 1.807) is 0 Å². The lowest BCUT2D eigenvalue weighted by Crippen LogP contribution is -2.51. The van der Waals surface area contributed by atoms with Gasteiger partial charge in [0.05, 0.1) is 24.5 Å². The lowest BCUT2D eigenvalue weighted by molar-refractivity contribution is -0.135. The van der Waals surface area contributed by atoms with Gasteiger partial charge in [-0.2, -0.15) is 4.98 Å². The number of nitrogens with zero attached hydrogens (tertiary/aromatic N) is 6. The number of aromatic nitrogens is 3. The maximum Gasteiger partial charge on any atom is 0.324 e. The van der Waals surface area contributed by atoms with Gasteiger partial charge < -0.3 is 29.7 Å². The van der Waals surface area contributed by atoms with Crippen molar-refractivity contribution in [1.29, 1.82) is 0 Å². The lowest BCUT2D eigenvalue weighted by Gasteiger charge is -2.34. The number of piperidine rings is 2. The number of likely N-dealkylation sites (tertiary alicyclic amines) is 1. The first-order chi connectivity index (χ1) is 18.4. The highest BCUT2D eigenvalue weighted by Gasteiger charge is 2.37. The highest BCUT2D eigenvalue weighted by molar-refractivity contribution is 5.77. The monoisotopic (exact) mass is 525 g/mol. The Labute approximate surface area is 225 Å². The summed E-state index contributed by atoms with van der Waals surface area (Å²) in [6.45, 7) is 11.4. The molecule has 5 rings (SSSR count). The molecule has 2 N–H and O–H groups in total. The normalized spacial score (nSPS) is 23.9. The molecular formula is C28H43N7O3. The summed E-state index contributed by atoms with van der Waals surface area (Å²) >= 11 is 0. The van der Waals surface area contributed by atoms with Crippen molar-refractivity contribution < 1.29 is 14.1 Å². The molecule has 0 spiro atoms. The highest BCUT2D eigenvalue weighted by atomic mass is 16.5.